The second-order valence-corrected chi connectivity index (χ2v) is 49.6. The van der Waals surface area contributed by atoms with Crippen molar-refractivity contribution in [2.45, 2.75) is 247 Å². The predicted octanol–water partition coefficient (Wildman–Crippen LogP) is 20.9. The van der Waals surface area contributed by atoms with Crippen molar-refractivity contribution in [3.05, 3.63) is 154 Å². The zero-order valence-corrected chi connectivity index (χ0v) is 72.3. The largest absolute Gasteiger partial charge is 0.385 e. The molecule has 30 heteroatoms. The third-order valence-corrected chi connectivity index (χ3v) is 30.8. The summed E-state index contributed by atoms with van der Waals surface area (Å²) in [6.07, 6.45) is 20.8. The summed E-state index contributed by atoms with van der Waals surface area (Å²) in [5.41, 5.74) is 9.27. The van der Waals surface area contributed by atoms with Crippen LogP contribution in [0.5, 0.6) is 0 Å². The molecule has 7 heterocycles. The van der Waals surface area contributed by atoms with Gasteiger partial charge in [0.2, 0.25) is 5.65 Å². The molecule has 0 aliphatic heterocycles. The molecule has 10 aromatic rings. The topological polar surface area (TPSA) is 269 Å². The molecule has 9 fully saturated rings. The Hall–Kier alpha value is -6.05. The van der Waals surface area contributed by atoms with Gasteiger partial charge < -0.3 is 47.5 Å². The molecule has 7 aromatic heterocycles. The molecule has 9 aliphatic rings. The zero-order chi connectivity index (χ0) is 79.8. The van der Waals surface area contributed by atoms with Gasteiger partial charge in [-0.1, -0.05) is 153 Å². The molecule has 11 atom stereocenters. The Morgan fingerprint density at radius 3 is 1.21 bits per heavy atom. The fraction of sp³-hybridized carbons (Fsp3) is 0.553. The molecular formula is C85H99Cl6N11O11Si2. The lowest BCUT2D eigenvalue weighted by Crippen LogP contribution is -2.44. The summed E-state index contributed by atoms with van der Waals surface area (Å²) in [6.45, 7) is 17.2. The highest BCUT2D eigenvalue weighted by Crippen LogP contribution is 2.59. The lowest BCUT2D eigenvalue weighted by molar-refractivity contribution is -0.130. The van der Waals surface area contributed by atoms with Crippen LogP contribution in [0.1, 0.15) is 178 Å². The van der Waals surface area contributed by atoms with Crippen LogP contribution in [0, 0.1) is 35.5 Å². The second-order valence-electron chi connectivity index (χ2n) is 35.9. The summed E-state index contributed by atoms with van der Waals surface area (Å²) >= 11 is 39.0. The number of hydrogen-bond acceptors (Lipinski definition) is 20. The molecule has 0 amide bonds. The van der Waals surface area contributed by atoms with E-state index >= 15 is 0 Å². The van der Waals surface area contributed by atoms with Crippen LogP contribution in [-0.2, 0) is 73.0 Å². The Morgan fingerprint density at radius 2 is 0.817 bits per heavy atom. The van der Waals surface area contributed by atoms with Crippen molar-refractivity contribution in [3.8, 4) is 33.8 Å². The van der Waals surface area contributed by atoms with Gasteiger partial charge in [0, 0.05) is 116 Å². The first-order valence-corrected chi connectivity index (χ1v) is 50.7. The third kappa shape index (κ3) is 17.1. The number of benzene rings is 3. The van der Waals surface area contributed by atoms with Crippen LogP contribution < -0.4 is 0 Å². The number of fused-ring (bicyclic) bond motifs is 8. The minimum atomic E-state index is -1.18. The van der Waals surface area contributed by atoms with E-state index in [1.165, 1.54) is 0 Å². The van der Waals surface area contributed by atoms with Crippen molar-refractivity contribution in [2.24, 2.45) is 35.5 Å². The van der Waals surface area contributed by atoms with Crippen LogP contribution in [0.3, 0.4) is 0 Å². The zero-order valence-electron chi connectivity index (χ0n) is 65.8. The van der Waals surface area contributed by atoms with Crippen LogP contribution in [0.15, 0.2) is 92.7 Å². The Bertz CT molecular complexity index is 5100. The van der Waals surface area contributed by atoms with Gasteiger partial charge in [-0.25, -0.2) is 19.3 Å². The van der Waals surface area contributed by atoms with Gasteiger partial charge in [-0.05, 0) is 200 Å². The molecule has 0 saturated heterocycles. The van der Waals surface area contributed by atoms with Crippen molar-refractivity contribution < 1.29 is 52.3 Å². The van der Waals surface area contributed by atoms with Gasteiger partial charge in [0.15, 0.2) is 5.65 Å². The number of aromatic nitrogens is 11. The number of carbonyl (C=O) groups is 1. The molecule has 5 unspecified atom stereocenters. The molecule has 9 saturated carbocycles. The van der Waals surface area contributed by atoms with E-state index < -0.39 is 27.3 Å². The quantitative estimate of drug-likeness (QED) is 0.0358. The molecule has 0 radical (unpaired) electrons. The first kappa shape index (κ1) is 81.3. The summed E-state index contributed by atoms with van der Waals surface area (Å²) in [5, 5.41) is 58.0. The van der Waals surface area contributed by atoms with Crippen molar-refractivity contribution in [1.29, 1.82) is 0 Å². The van der Waals surface area contributed by atoms with E-state index in [0.29, 0.717) is 151 Å². The number of aliphatic hydroxyl groups is 2. The molecule has 9 aliphatic carbocycles. The monoisotopic (exact) mass is 1720 g/mol. The fourth-order valence-corrected chi connectivity index (χ4v) is 22.0. The Balaban J connectivity index is 0.000000128. The summed E-state index contributed by atoms with van der Waals surface area (Å²) in [7, 11) is -2.35. The maximum atomic E-state index is 12.3. The van der Waals surface area contributed by atoms with Crippen molar-refractivity contribution in [1.82, 2.24) is 55.4 Å². The van der Waals surface area contributed by atoms with Crippen LogP contribution in [0.2, 0.25) is 81.5 Å². The Labute approximate surface area is 700 Å². The van der Waals surface area contributed by atoms with Crippen molar-refractivity contribution in [3.63, 3.8) is 0 Å². The Kier molecular flexibility index (Phi) is 23.7. The molecule has 115 heavy (non-hydrogen) atoms. The number of ketones is 1. The maximum Gasteiger partial charge on any atom is 0.201 e. The molecule has 19 rings (SSSR count). The third-order valence-electron chi connectivity index (χ3n) is 25.5. The summed E-state index contributed by atoms with van der Waals surface area (Å²) in [4.78, 5) is 21.4. The maximum absolute atomic E-state index is 12.3. The average molecular weight is 1720 g/mol. The second kappa shape index (κ2) is 33.5. The molecule has 22 nitrogen and oxygen atoms in total. The molecule has 6 bridgehead atoms. The highest BCUT2D eigenvalue weighted by Gasteiger charge is 2.57. The number of halogens is 6. The van der Waals surface area contributed by atoms with Gasteiger partial charge in [-0.2, -0.15) is 0 Å². The highest BCUT2D eigenvalue weighted by atomic mass is 35.5. The number of pyridine rings is 2. The Morgan fingerprint density at radius 1 is 0.461 bits per heavy atom. The molecule has 2 N–H and O–H groups in total. The first-order chi connectivity index (χ1) is 55.3. The van der Waals surface area contributed by atoms with Crippen LogP contribution in [0.4, 0.5) is 0 Å². The first-order valence-electron chi connectivity index (χ1n) is 41.0. The van der Waals surface area contributed by atoms with Gasteiger partial charge in [-0.3, -0.25) is 4.79 Å². The van der Waals surface area contributed by atoms with Crippen LogP contribution in [0.25, 0.3) is 56.1 Å². The standard InChI is InChI=1S/2C32H39Cl2N5O4Si.C21H21Cl2NO3/c1-44(2,3)12-11-41-18-39-27-15-22(16-35-31(27)36-38-39)32(40)20-9-10-21(32)14-23(13-20)42-17-24-29(37-43-30(24)19-7-8-19)28-25(33)5-4-6-26(28)34;1-44(2,3)12-11-41-18-39-31-27(36-38-39)15-22(16-35-31)32(40)20-9-10-21(32)14-23(13-20)42-17-24-29(37-43-30(24)19-7-8-19)28-25(33)5-4-6-26(28)34;22-16-2-1-3-17(23)18(16)19-15(21(27-24-19)11-4-5-11)10-26-14-8-12-6-7-13(9-14)20(12)25/h2*4-6,15-16,19-21,23,40H,7-14,17-18H2,1-3H3;1-3,11-14H,4-10H2/t2*20-,21+,23?,32?;12-,13+,14?. The minimum Gasteiger partial charge on any atom is -0.385 e. The number of hydrogen-bond donors (Lipinski definition) is 2. The number of rotatable bonds is 27. The lowest BCUT2D eigenvalue weighted by atomic mass is 9.70. The molecule has 0 spiro atoms. The van der Waals surface area contributed by atoms with Crippen LogP contribution in [-0.4, -0.2) is 119 Å². The van der Waals surface area contributed by atoms with Gasteiger partial charge >= 0.3 is 0 Å². The van der Waals surface area contributed by atoms with Crippen molar-refractivity contribution >= 4 is 114 Å². The molecule has 3 aromatic carbocycles. The van der Waals surface area contributed by atoms with E-state index in [1.807, 2.05) is 66.7 Å². The van der Waals surface area contributed by atoms with E-state index in [9.17, 15) is 15.0 Å². The van der Waals surface area contributed by atoms with E-state index in [0.717, 1.165) is 178 Å². The molecule has 610 valence electrons. The van der Waals surface area contributed by atoms with E-state index in [2.05, 4.69) is 80.4 Å². The normalized spacial score (nSPS) is 25.8. The summed E-state index contributed by atoms with van der Waals surface area (Å²) in [6, 6.07) is 22.5. The predicted molar refractivity (Wildman–Crippen MR) is 446 cm³/mol. The van der Waals surface area contributed by atoms with Crippen molar-refractivity contribution in [2.75, 3.05) is 13.2 Å². The highest BCUT2D eigenvalue weighted by molar-refractivity contribution is 6.76. The van der Waals surface area contributed by atoms with Gasteiger partial charge in [-0.15, -0.1) is 10.2 Å². The van der Waals surface area contributed by atoms with E-state index in [-0.39, 0.29) is 53.8 Å². The van der Waals surface area contributed by atoms with Crippen LogP contribution >= 0.6 is 69.6 Å². The van der Waals surface area contributed by atoms with Gasteiger partial charge in [0.25, 0.3) is 0 Å². The minimum absolute atomic E-state index is 0.00736. The number of carbonyl (C=O) groups excluding carboxylic acids is 1. The van der Waals surface area contributed by atoms with Gasteiger partial charge in [0.05, 0.1) is 79.5 Å². The van der Waals surface area contributed by atoms with E-state index in [1.54, 1.807) is 21.8 Å². The SMILES string of the molecule is C[Si](C)(C)CCOCn1nnc2cc(C3(O)[C@@H]4CC[C@H]3CC(OCc3c(-c5c(Cl)cccc5Cl)noc3C3CC3)C4)cnc21.C[Si](C)(C)CCOCn1nnc2ncc(C3(O)[C@@H]4CC[C@H]3CC(OCc3c(-c5c(Cl)cccc5Cl)noc3C3CC3)C4)cc21.O=C1[C@@H]2CC[C@H]1CC(OCc1c(-c3c(Cl)cccc3Cl)noc1C1CC1)C2. The van der Waals surface area contributed by atoms with Gasteiger partial charge in [0.1, 0.15) is 64.6 Å². The number of nitrogens with zero attached hydrogens (tertiary/aromatic N) is 11. The summed E-state index contributed by atoms with van der Waals surface area (Å²) < 4.78 is 52.1. The number of Topliss-reactive ketones (excluding diaryl/α,β-unsaturated/α-hetero) is 1. The average Bonchev–Trinajstić information content (AvgIpc) is 1.61. The van der Waals surface area contributed by atoms with E-state index in [4.69, 9.17) is 112 Å². The lowest BCUT2D eigenvalue weighted by Gasteiger charge is -2.42. The number of ether oxygens (including phenoxy) is 5. The smallest absolute Gasteiger partial charge is 0.201 e. The molecular weight excluding hydrogens is 1620 g/mol. The summed E-state index contributed by atoms with van der Waals surface area (Å²) in [5.74, 6) is 4.86. The fourth-order valence-electron chi connectivity index (χ4n) is 18.7.